The molecule has 0 saturated carbocycles. The SMILES string of the molecule is CC(=O)N(C)c1ccc2nc(C)n(-c3ccc(OCCCN4CCCCC4)cc3)c(=O)c2c1.Cc1nc2cc(NC(=O)c3ccc4ccccc4c3)ccc2c(=O)n1-c1ccc(OCCCN2CCCCC2)cc1. The van der Waals surface area contributed by atoms with E-state index in [-0.39, 0.29) is 22.9 Å². The van der Waals surface area contributed by atoms with Crippen LogP contribution in [-0.2, 0) is 4.79 Å². The van der Waals surface area contributed by atoms with Crippen molar-refractivity contribution in [3.05, 3.63) is 165 Å². The molecule has 0 radical (unpaired) electrons. The number of likely N-dealkylation sites (tertiary alicyclic amines) is 2. The molecule has 2 amide bonds. The Bertz CT molecular complexity index is 3380. The summed E-state index contributed by atoms with van der Waals surface area (Å²) < 4.78 is 15.1. The molecule has 2 fully saturated rings. The highest BCUT2D eigenvalue weighted by Gasteiger charge is 2.16. The maximum Gasteiger partial charge on any atom is 0.266 e. The molecule has 2 aromatic heterocycles. The van der Waals surface area contributed by atoms with Crippen LogP contribution in [0.2, 0.25) is 0 Å². The van der Waals surface area contributed by atoms with Gasteiger partial charge < -0.3 is 29.5 Å². The molecule has 2 aliphatic rings. The fourth-order valence-electron chi connectivity index (χ4n) is 9.90. The maximum atomic E-state index is 13.5. The molecular weight excluding hydrogens is 929 g/mol. The van der Waals surface area contributed by atoms with Crippen molar-refractivity contribution >= 4 is 55.8 Å². The number of carbonyl (C=O) groups is 2. The molecule has 0 bridgehead atoms. The van der Waals surface area contributed by atoms with Crippen LogP contribution in [-0.4, -0.2) is 100 Å². The van der Waals surface area contributed by atoms with E-state index in [4.69, 9.17) is 14.5 Å². The van der Waals surface area contributed by atoms with Crippen molar-refractivity contribution < 1.29 is 19.1 Å². The summed E-state index contributed by atoms with van der Waals surface area (Å²) in [6.07, 6.45) is 9.92. The Balaban J connectivity index is 0.000000186. The summed E-state index contributed by atoms with van der Waals surface area (Å²) in [4.78, 5) is 67.3. The van der Waals surface area contributed by atoms with Gasteiger partial charge in [-0.15, -0.1) is 0 Å². The summed E-state index contributed by atoms with van der Waals surface area (Å²) in [6, 6.07) is 39.2. The number of carbonyl (C=O) groups excluding carboxylic acids is 2. The minimum Gasteiger partial charge on any atom is -0.494 e. The molecule has 8 aromatic rings. The van der Waals surface area contributed by atoms with Crippen LogP contribution in [0.25, 0.3) is 44.0 Å². The van der Waals surface area contributed by atoms with Crippen LogP contribution < -0.4 is 30.8 Å². The molecule has 2 aliphatic heterocycles. The molecule has 10 rings (SSSR count). The molecule has 0 spiro atoms. The van der Waals surface area contributed by atoms with Gasteiger partial charge in [0.1, 0.15) is 23.1 Å². The molecule has 382 valence electrons. The van der Waals surface area contributed by atoms with Crippen molar-refractivity contribution in [1.29, 1.82) is 0 Å². The van der Waals surface area contributed by atoms with E-state index in [1.54, 1.807) is 52.6 Å². The van der Waals surface area contributed by atoms with E-state index in [1.165, 1.54) is 76.5 Å². The fourth-order valence-corrected chi connectivity index (χ4v) is 9.90. The summed E-state index contributed by atoms with van der Waals surface area (Å²) in [6.45, 7) is 13.4. The lowest BCUT2D eigenvalue weighted by molar-refractivity contribution is -0.116. The zero-order chi connectivity index (χ0) is 51.6. The smallest absolute Gasteiger partial charge is 0.266 e. The molecule has 6 aromatic carbocycles. The van der Waals surface area contributed by atoms with E-state index < -0.39 is 0 Å². The molecule has 0 unspecified atom stereocenters. The molecule has 1 N–H and O–H groups in total. The van der Waals surface area contributed by atoms with Gasteiger partial charge in [-0.2, -0.15) is 0 Å². The number of aromatic nitrogens is 4. The van der Waals surface area contributed by atoms with Crippen molar-refractivity contribution in [2.75, 3.05) is 69.7 Å². The van der Waals surface area contributed by atoms with E-state index in [0.29, 0.717) is 63.6 Å². The number of nitrogens with one attached hydrogen (secondary N) is 1. The lowest BCUT2D eigenvalue weighted by atomic mass is 10.1. The van der Waals surface area contributed by atoms with Crippen molar-refractivity contribution in [2.24, 2.45) is 0 Å². The third-order valence-corrected chi connectivity index (χ3v) is 14.0. The Kier molecular flexibility index (Phi) is 16.6. The highest BCUT2D eigenvalue weighted by Crippen LogP contribution is 2.24. The van der Waals surface area contributed by atoms with Gasteiger partial charge in [-0.05, 0) is 186 Å². The van der Waals surface area contributed by atoms with Crippen LogP contribution in [0.3, 0.4) is 0 Å². The predicted molar refractivity (Wildman–Crippen MR) is 296 cm³/mol. The Morgan fingerprint density at radius 3 is 1.69 bits per heavy atom. The number of fused-ring (bicyclic) bond motifs is 3. The van der Waals surface area contributed by atoms with Gasteiger partial charge in [0.05, 0.1) is 46.4 Å². The van der Waals surface area contributed by atoms with Gasteiger partial charge in [-0.3, -0.25) is 28.3 Å². The first kappa shape index (κ1) is 51.2. The van der Waals surface area contributed by atoms with Crippen LogP contribution in [0.4, 0.5) is 11.4 Å². The Labute approximate surface area is 432 Å². The minimum absolute atomic E-state index is 0.0961. The predicted octanol–water partition coefficient (Wildman–Crippen LogP) is 10.3. The van der Waals surface area contributed by atoms with E-state index in [1.807, 2.05) is 105 Å². The largest absolute Gasteiger partial charge is 0.494 e. The third kappa shape index (κ3) is 12.4. The normalized spacial score (nSPS) is 14.1. The van der Waals surface area contributed by atoms with Crippen LogP contribution >= 0.6 is 0 Å². The van der Waals surface area contributed by atoms with E-state index in [2.05, 4.69) is 20.1 Å². The highest BCUT2D eigenvalue weighted by atomic mass is 16.5. The quantitative estimate of drug-likeness (QED) is 0.0986. The summed E-state index contributed by atoms with van der Waals surface area (Å²) in [5.41, 5.74) is 4.12. The number of ether oxygens (including phenoxy) is 2. The number of piperidine rings is 2. The monoisotopic (exact) mass is 995 g/mol. The number of amides is 2. The number of hydrogen-bond acceptors (Lipinski definition) is 10. The second-order valence-electron chi connectivity index (χ2n) is 19.3. The van der Waals surface area contributed by atoms with Gasteiger partial charge in [0, 0.05) is 44.0 Å². The number of rotatable bonds is 15. The molecule has 14 heteroatoms. The van der Waals surface area contributed by atoms with E-state index in [9.17, 15) is 19.2 Å². The second kappa shape index (κ2) is 23.9. The summed E-state index contributed by atoms with van der Waals surface area (Å²) in [5, 5.41) is 5.98. The van der Waals surface area contributed by atoms with Gasteiger partial charge >= 0.3 is 0 Å². The Morgan fingerprint density at radius 2 is 1.12 bits per heavy atom. The summed E-state index contributed by atoms with van der Waals surface area (Å²) in [7, 11) is 1.69. The zero-order valence-corrected chi connectivity index (χ0v) is 43.0. The summed E-state index contributed by atoms with van der Waals surface area (Å²) in [5.74, 6) is 2.45. The summed E-state index contributed by atoms with van der Waals surface area (Å²) >= 11 is 0. The molecule has 4 heterocycles. The van der Waals surface area contributed by atoms with Gasteiger partial charge in [0.2, 0.25) is 5.91 Å². The van der Waals surface area contributed by atoms with Crippen LogP contribution in [0.1, 0.15) is 80.3 Å². The van der Waals surface area contributed by atoms with Gasteiger partial charge in [-0.25, -0.2) is 9.97 Å². The van der Waals surface area contributed by atoms with Crippen LogP contribution in [0, 0.1) is 13.8 Å². The van der Waals surface area contributed by atoms with Gasteiger partial charge in [0.25, 0.3) is 17.0 Å². The third-order valence-electron chi connectivity index (χ3n) is 14.0. The fraction of sp³-hybridized carbons (Fsp3) is 0.333. The van der Waals surface area contributed by atoms with Crippen molar-refractivity contribution in [2.45, 2.75) is 72.1 Å². The Morgan fingerprint density at radius 1 is 0.581 bits per heavy atom. The maximum absolute atomic E-state index is 13.5. The van der Waals surface area contributed by atoms with Gasteiger partial charge in [-0.1, -0.05) is 43.2 Å². The van der Waals surface area contributed by atoms with E-state index >= 15 is 0 Å². The molecule has 14 nitrogen and oxygen atoms in total. The lowest BCUT2D eigenvalue weighted by Crippen LogP contribution is -2.31. The van der Waals surface area contributed by atoms with Gasteiger partial charge in [0.15, 0.2) is 0 Å². The van der Waals surface area contributed by atoms with Crippen LogP contribution in [0.5, 0.6) is 11.5 Å². The first-order chi connectivity index (χ1) is 36.0. The van der Waals surface area contributed by atoms with Crippen molar-refractivity contribution in [3.8, 4) is 22.9 Å². The molecule has 0 atom stereocenters. The number of nitrogens with zero attached hydrogens (tertiary/aromatic N) is 7. The highest BCUT2D eigenvalue weighted by molar-refractivity contribution is 6.07. The van der Waals surface area contributed by atoms with Crippen molar-refractivity contribution in [1.82, 2.24) is 28.9 Å². The number of hydrogen-bond donors (Lipinski definition) is 1. The molecule has 2 saturated heterocycles. The van der Waals surface area contributed by atoms with Crippen molar-refractivity contribution in [3.63, 3.8) is 0 Å². The topological polar surface area (TPSA) is 144 Å². The van der Waals surface area contributed by atoms with Crippen LogP contribution in [0.15, 0.2) is 137 Å². The Hall–Kier alpha value is -7.68. The number of anilines is 2. The molecular formula is C60H66N8O6. The molecule has 0 aliphatic carbocycles. The lowest BCUT2D eigenvalue weighted by Gasteiger charge is -2.26. The minimum atomic E-state index is -0.214. The number of aryl methyl sites for hydroxylation is 2. The average Bonchev–Trinajstić information content (AvgIpc) is 3.42. The second-order valence-corrected chi connectivity index (χ2v) is 19.3. The first-order valence-electron chi connectivity index (χ1n) is 26.0. The average molecular weight is 995 g/mol. The molecule has 74 heavy (non-hydrogen) atoms. The number of benzene rings is 6. The zero-order valence-electron chi connectivity index (χ0n) is 43.0. The first-order valence-corrected chi connectivity index (χ1v) is 26.0. The standard InChI is InChI=1S/C34H34N4O3.C26H32N4O3/c1-24-35-32-23-28(36-33(39)27-11-10-25-8-3-4-9-26(25)22-27)12-17-31(32)34(40)38(24)29-13-15-30(16-14-29)41-21-7-20-37-18-5-2-6-19-37;1-19-27-25-13-10-22(28(3)20(2)31)18-24(25)26(32)30(19)21-8-11-23(12-9-21)33-17-7-16-29-14-5-4-6-15-29/h3-4,8-17,22-23H,2,5-7,18-21H2,1H3,(H,36,39);8-13,18H,4-7,14-17H2,1-3H3. The van der Waals surface area contributed by atoms with E-state index in [0.717, 1.165) is 59.6 Å².